The largest absolute Gasteiger partial charge is 0.416 e. The first-order valence-electron chi connectivity index (χ1n) is 9.09. The molecule has 0 saturated carbocycles. The highest BCUT2D eigenvalue weighted by atomic mass is 32.1. The number of pyridine rings is 1. The van der Waals surface area contributed by atoms with E-state index in [-0.39, 0.29) is 12.5 Å². The van der Waals surface area contributed by atoms with Crippen molar-refractivity contribution < 1.29 is 18.0 Å². The summed E-state index contributed by atoms with van der Waals surface area (Å²) in [5.74, 6) is -0.297. The Hall–Kier alpha value is -3.11. The number of alkyl halides is 3. The number of amides is 1. The van der Waals surface area contributed by atoms with Crippen molar-refractivity contribution in [2.75, 3.05) is 0 Å². The van der Waals surface area contributed by atoms with Gasteiger partial charge in [-0.2, -0.15) is 13.2 Å². The molecule has 0 bridgehead atoms. The van der Waals surface area contributed by atoms with Crippen molar-refractivity contribution in [3.8, 4) is 21.8 Å². The number of carbonyl (C=O) groups excluding carboxylic acids is 1. The third-order valence-corrected chi connectivity index (χ3v) is 6.44. The predicted octanol–water partition coefficient (Wildman–Crippen LogP) is 5.59. The highest BCUT2D eigenvalue weighted by molar-refractivity contribution is 7.17. The van der Waals surface area contributed by atoms with Gasteiger partial charge in [0.25, 0.3) is 5.91 Å². The zero-order valence-electron chi connectivity index (χ0n) is 16.1. The summed E-state index contributed by atoms with van der Waals surface area (Å²) in [5.41, 5.74) is 2.09. The van der Waals surface area contributed by atoms with Gasteiger partial charge in [-0.1, -0.05) is 12.1 Å². The first kappa shape index (κ1) is 21.1. The molecule has 10 heteroatoms. The van der Waals surface area contributed by atoms with Crippen LogP contribution in [0.4, 0.5) is 13.2 Å². The first-order chi connectivity index (χ1) is 14.8. The average molecular weight is 461 g/mol. The molecule has 4 rings (SSSR count). The Morgan fingerprint density at radius 1 is 1.03 bits per heavy atom. The van der Waals surface area contributed by atoms with E-state index in [0.29, 0.717) is 21.1 Å². The highest BCUT2D eigenvalue weighted by Gasteiger charge is 2.30. The number of hydrogen-bond acceptors (Lipinski definition) is 6. The van der Waals surface area contributed by atoms with Crippen molar-refractivity contribution in [2.45, 2.75) is 19.6 Å². The summed E-state index contributed by atoms with van der Waals surface area (Å²) in [6, 6.07) is 8.46. The van der Waals surface area contributed by atoms with Crippen LogP contribution in [0.1, 0.15) is 25.9 Å². The summed E-state index contributed by atoms with van der Waals surface area (Å²) in [7, 11) is 0. The number of nitrogens with zero attached hydrogens (tertiary/aromatic N) is 3. The number of aryl methyl sites for hydroxylation is 1. The van der Waals surface area contributed by atoms with Crippen molar-refractivity contribution in [1.82, 2.24) is 20.3 Å². The third-order valence-electron chi connectivity index (χ3n) is 4.39. The maximum Gasteiger partial charge on any atom is 0.416 e. The van der Waals surface area contributed by atoms with E-state index in [1.54, 1.807) is 19.3 Å². The van der Waals surface area contributed by atoms with Gasteiger partial charge in [0.2, 0.25) is 0 Å². The van der Waals surface area contributed by atoms with Crippen LogP contribution in [0, 0.1) is 6.92 Å². The molecule has 1 aromatic carbocycles. The number of benzene rings is 1. The molecule has 1 N–H and O–H groups in total. The van der Waals surface area contributed by atoms with Gasteiger partial charge in [0.05, 0.1) is 23.5 Å². The molecule has 0 radical (unpaired) electrons. The SMILES string of the molecule is Cc1nc(-c2ccc(C(F)(F)F)cc2)sc1C(=O)NCc1nc(-c2ccncc2)cs1. The topological polar surface area (TPSA) is 67.8 Å². The molecule has 1 amide bonds. The lowest BCUT2D eigenvalue weighted by Crippen LogP contribution is -2.22. The fourth-order valence-corrected chi connectivity index (χ4v) is 4.55. The van der Waals surface area contributed by atoms with Gasteiger partial charge in [-0.15, -0.1) is 22.7 Å². The first-order valence-corrected chi connectivity index (χ1v) is 10.8. The second-order valence-electron chi connectivity index (χ2n) is 6.55. The monoisotopic (exact) mass is 460 g/mol. The maximum absolute atomic E-state index is 12.7. The van der Waals surface area contributed by atoms with E-state index in [1.807, 2.05) is 17.5 Å². The Morgan fingerprint density at radius 3 is 2.42 bits per heavy atom. The number of rotatable bonds is 5. The Bertz CT molecular complexity index is 1200. The third kappa shape index (κ3) is 4.80. The van der Waals surface area contributed by atoms with E-state index in [9.17, 15) is 18.0 Å². The normalized spacial score (nSPS) is 11.5. The Balaban J connectivity index is 1.44. The van der Waals surface area contributed by atoms with Crippen LogP contribution in [0.25, 0.3) is 21.8 Å². The van der Waals surface area contributed by atoms with E-state index in [4.69, 9.17) is 0 Å². The van der Waals surface area contributed by atoms with Crippen LogP contribution in [0.5, 0.6) is 0 Å². The minimum atomic E-state index is -4.39. The molecule has 31 heavy (non-hydrogen) atoms. The molecule has 0 fully saturated rings. The van der Waals surface area contributed by atoms with Crippen molar-refractivity contribution >= 4 is 28.6 Å². The Kier molecular flexibility index (Phi) is 5.84. The molecule has 0 aliphatic heterocycles. The Morgan fingerprint density at radius 2 is 1.74 bits per heavy atom. The molecule has 158 valence electrons. The number of hydrogen-bond donors (Lipinski definition) is 1. The quantitative estimate of drug-likeness (QED) is 0.422. The van der Waals surface area contributed by atoms with Crippen molar-refractivity contribution in [3.05, 3.63) is 75.3 Å². The summed E-state index contributed by atoms with van der Waals surface area (Å²) in [5, 5.41) is 5.99. The van der Waals surface area contributed by atoms with E-state index >= 15 is 0 Å². The predicted molar refractivity (Wildman–Crippen MR) is 114 cm³/mol. The Labute approximate surface area is 183 Å². The van der Waals surface area contributed by atoms with Gasteiger partial charge in [0.15, 0.2) is 0 Å². The zero-order valence-corrected chi connectivity index (χ0v) is 17.7. The van der Waals surface area contributed by atoms with Crippen LogP contribution in [0.3, 0.4) is 0 Å². The van der Waals surface area contributed by atoms with E-state index in [1.165, 1.54) is 23.5 Å². The second-order valence-corrected chi connectivity index (χ2v) is 8.50. The molecular weight excluding hydrogens is 445 g/mol. The van der Waals surface area contributed by atoms with Crippen LogP contribution in [0.2, 0.25) is 0 Å². The molecule has 0 atom stereocenters. The minimum absolute atomic E-state index is 0.265. The fraction of sp³-hybridized carbons (Fsp3) is 0.143. The molecule has 0 aliphatic rings. The second kappa shape index (κ2) is 8.56. The minimum Gasteiger partial charge on any atom is -0.345 e. The van der Waals surface area contributed by atoms with Gasteiger partial charge in [0, 0.05) is 28.9 Å². The summed E-state index contributed by atoms with van der Waals surface area (Å²) in [6.07, 6.45) is -1.01. The van der Waals surface area contributed by atoms with Gasteiger partial charge in [-0.3, -0.25) is 9.78 Å². The average Bonchev–Trinajstić information content (AvgIpc) is 3.39. The molecular formula is C21H15F3N4OS2. The molecule has 4 aromatic rings. The van der Waals surface area contributed by atoms with Crippen LogP contribution < -0.4 is 5.32 Å². The number of thiazole rings is 2. The van der Waals surface area contributed by atoms with E-state index in [0.717, 1.165) is 39.7 Å². The molecule has 3 heterocycles. The lowest BCUT2D eigenvalue weighted by molar-refractivity contribution is -0.137. The molecule has 3 aromatic heterocycles. The van der Waals surface area contributed by atoms with Gasteiger partial charge in [-0.05, 0) is 31.2 Å². The molecule has 5 nitrogen and oxygen atoms in total. The molecule has 0 aliphatic carbocycles. The number of aromatic nitrogens is 3. The van der Waals surface area contributed by atoms with Crippen molar-refractivity contribution in [1.29, 1.82) is 0 Å². The summed E-state index contributed by atoms with van der Waals surface area (Å²) in [4.78, 5) is 25.9. The van der Waals surface area contributed by atoms with Gasteiger partial charge < -0.3 is 5.32 Å². The fourth-order valence-electron chi connectivity index (χ4n) is 2.82. The van der Waals surface area contributed by atoms with Gasteiger partial charge >= 0.3 is 6.18 Å². The van der Waals surface area contributed by atoms with Crippen LogP contribution in [0.15, 0.2) is 54.2 Å². The van der Waals surface area contributed by atoms with E-state index in [2.05, 4.69) is 20.3 Å². The number of nitrogens with one attached hydrogen (secondary N) is 1. The number of carbonyl (C=O) groups is 1. The van der Waals surface area contributed by atoms with Gasteiger partial charge in [0.1, 0.15) is 14.9 Å². The summed E-state index contributed by atoms with van der Waals surface area (Å²) in [6.45, 7) is 1.96. The standard InChI is InChI=1S/C21H15F3N4OS2/c1-12-18(31-20(27-12)14-2-4-15(5-3-14)21(22,23)24)19(29)26-10-17-28-16(11-30-17)13-6-8-25-9-7-13/h2-9,11H,10H2,1H3,(H,26,29). The summed E-state index contributed by atoms with van der Waals surface area (Å²) < 4.78 is 38.2. The molecule has 0 saturated heterocycles. The molecule has 0 unspecified atom stereocenters. The smallest absolute Gasteiger partial charge is 0.345 e. The zero-order chi connectivity index (χ0) is 22.0. The van der Waals surface area contributed by atoms with Crippen molar-refractivity contribution in [2.24, 2.45) is 0 Å². The highest BCUT2D eigenvalue weighted by Crippen LogP contribution is 2.33. The summed E-state index contributed by atoms with van der Waals surface area (Å²) >= 11 is 2.58. The molecule has 0 spiro atoms. The van der Waals surface area contributed by atoms with Crippen LogP contribution >= 0.6 is 22.7 Å². The van der Waals surface area contributed by atoms with E-state index < -0.39 is 11.7 Å². The lowest BCUT2D eigenvalue weighted by Gasteiger charge is -2.06. The lowest BCUT2D eigenvalue weighted by atomic mass is 10.1. The van der Waals surface area contributed by atoms with Gasteiger partial charge in [-0.25, -0.2) is 9.97 Å². The maximum atomic E-state index is 12.7. The number of halogens is 3. The van der Waals surface area contributed by atoms with Crippen LogP contribution in [-0.4, -0.2) is 20.9 Å². The van der Waals surface area contributed by atoms with Crippen LogP contribution in [-0.2, 0) is 12.7 Å². The van der Waals surface area contributed by atoms with Crippen molar-refractivity contribution in [3.63, 3.8) is 0 Å².